The topological polar surface area (TPSA) is 52.6 Å². The monoisotopic (exact) mass is 178 g/mol. The summed E-state index contributed by atoms with van der Waals surface area (Å²) >= 11 is 3.82. The molecule has 0 saturated carbocycles. The standard InChI is InChI=1S/C6H10O4S/c1-9-5(7)3-4(11)6(8)10-2/h4,11H,3H2,1-2H3. The summed E-state index contributed by atoms with van der Waals surface area (Å²) in [6.45, 7) is 0. The number of hydrogen-bond acceptors (Lipinski definition) is 5. The highest BCUT2D eigenvalue weighted by Crippen LogP contribution is 2.03. The Morgan fingerprint density at radius 2 is 1.91 bits per heavy atom. The van der Waals surface area contributed by atoms with Crippen LogP contribution in [0, 0.1) is 0 Å². The lowest BCUT2D eigenvalue weighted by molar-refractivity contribution is -0.146. The molecule has 1 atom stereocenters. The van der Waals surface area contributed by atoms with Crippen molar-refractivity contribution in [1.82, 2.24) is 0 Å². The van der Waals surface area contributed by atoms with E-state index < -0.39 is 17.2 Å². The quantitative estimate of drug-likeness (QED) is 0.489. The third kappa shape index (κ3) is 3.87. The minimum Gasteiger partial charge on any atom is -0.469 e. The van der Waals surface area contributed by atoms with Crippen molar-refractivity contribution in [2.24, 2.45) is 0 Å². The van der Waals surface area contributed by atoms with E-state index in [1.807, 2.05) is 0 Å². The largest absolute Gasteiger partial charge is 0.469 e. The van der Waals surface area contributed by atoms with E-state index in [0.29, 0.717) is 0 Å². The van der Waals surface area contributed by atoms with Crippen LogP contribution in [0.3, 0.4) is 0 Å². The van der Waals surface area contributed by atoms with Gasteiger partial charge >= 0.3 is 11.9 Å². The van der Waals surface area contributed by atoms with E-state index in [1.165, 1.54) is 14.2 Å². The average Bonchev–Trinajstić information content (AvgIpc) is 2.02. The fourth-order valence-electron chi connectivity index (χ4n) is 0.461. The highest BCUT2D eigenvalue weighted by atomic mass is 32.1. The van der Waals surface area contributed by atoms with E-state index in [2.05, 4.69) is 22.1 Å². The van der Waals surface area contributed by atoms with Gasteiger partial charge in [-0.05, 0) is 0 Å². The molecule has 0 spiro atoms. The predicted molar refractivity (Wildman–Crippen MR) is 41.4 cm³/mol. The van der Waals surface area contributed by atoms with E-state index in [-0.39, 0.29) is 6.42 Å². The van der Waals surface area contributed by atoms with Gasteiger partial charge in [0.2, 0.25) is 0 Å². The van der Waals surface area contributed by atoms with Gasteiger partial charge in [-0.15, -0.1) is 0 Å². The van der Waals surface area contributed by atoms with Crippen LogP contribution in [0.25, 0.3) is 0 Å². The normalized spacial score (nSPS) is 11.9. The van der Waals surface area contributed by atoms with Crippen molar-refractivity contribution >= 4 is 24.6 Å². The third-order valence-corrected chi connectivity index (χ3v) is 1.45. The van der Waals surface area contributed by atoms with Crippen molar-refractivity contribution in [2.45, 2.75) is 11.7 Å². The molecule has 5 heteroatoms. The van der Waals surface area contributed by atoms with Crippen LogP contribution in [0.4, 0.5) is 0 Å². The molecule has 0 fully saturated rings. The summed E-state index contributed by atoms with van der Waals surface area (Å²) in [5.41, 5.74) is 0. The second-order valence-corrected chi connectivity index (χ2v) is 2.44. The van der Waals surface area contributed by atoms with Crippen LogP contribution in [0.5, 0.6) is 0 Å². The number of thiol groups is 1. The minimum absolute atomic E-state index is 0.0632. The molecule has 0 saturated heterocycles. The van der Waals surface area contributed by atoms with Crippen molar-refractivity contribution in [3.63, 3.8) is 0 Å². The molecule has 1 unspecified atom stereocenters. The zero-order valence-corrected chi connectivity index (χ0v) is 7.26. The van der Waals surface area contributed by atoms with Crippen LogP contribution in [-0.2, 0) is 19.1 Å². The highest BCUT2D eigenvalue weighted by molar-refractivity contribution is 7.81. The summed E-state index contributed by atoms with van der Waals surface area (Å²) in [6.07, 6.45) is -0.0632. The number of carbonyl (C=O) groups excluding carboxylic acids is 2. The molecule has 64 valence electrons. The van der Waals surface area contributed by atoms with Crippen LogP contribution in [0.1, 0.15) is 6.42 Å². The molecule has 0 heterocycles. The molecule has 0 aromatic rings. The Morgan fingerprint density at radius 1 is 1.36 bits per heavy atom. The van der Waals surface area contributed by atoms with Crippen LogP contribution in [-0.4, -0.2) is 31.4 Å². The van der Waals surface area contributed by atoms with Gasteiger partial charge in [-0.2, -0.15) is 12.6 Å². The molecule has 0 aliphatic rings. The average molecular weight is 178 g/mol. The minimum atomic E-state index is -0.729. The van der Waals surface area contributed by atoms with Gasteiger partial charge in [0.05, 0.1) is 20.6 Å². The predicted octanol–water partition coefficient (Wildman–Crippen LogP) is 0.0209. The molecular weight excluding hydrogens is 168 g/mol. The van der Waals surface area contributed by atoms with Gasteiger partial charge in [0.25, 0.3) is 0 Å². The van der Waals surface area contributed by atoms with Gasteiger partial charge in [-0.1, -0.05) is 0 Å². The molecule has 4 nitrogen and oxygen atoms in total. The highest BCUT2D eigenvalue weighted by Gasteiger charge is 2.18. The van der Waals surface area contributed by atoms with Gasteiger partial charge in [0, 0.05) is 0 Å². The Labute approximate surface area is 70.3 Å². The number of rotatable bonds is 3. The molecular formula is C6H10O4S. The fraction of sp³-hybridized carbons (Fsp3) is 0.667. The molecule has 0 N–H and O–H groups in total. The lowest BCUT2D eigenvalue weighted by Crippen LogP contribution is -2.20. The first-order chi connectivity index (χ1) is 5.11. The number of esters is 2. The van der Waals surface area contributed by atoms with Gasteiger partial charge in [-0.25, -0.2) is 0 Å². The van der Waals surface area contributed by atoms with Crippen molar-refractivity contribution in [1.29, 1.82) is 0 Å². The summed E-state index contributed by atoms with van der Waals surface area (Å²) < 4.78 is 8.65. The summed E-state index contributed by atoms with van der Waals surface area (Å²) in [6, 6.07) is 0. The molecule has 0 bridgehead atoms. The Hall–Kier alpha value is -0.710. The lowest BCUT2D eigenvalue weighted by atomic mass is 10.3. The van der Waals surface area contributed by atoms with E-state index >= 15 is 0 Å². The van der Waals surface area contributed by atoms with Gasteiger partial charge in [0.1, 0.15) is 5.25 Å². The molecule has 0 aliphatic heterocycles. The second kappa shape index (κ2) is 5.01. The third-order valence-electron chi connectivity index (χ3n) is 1.06. The molecule has 0 aromatic carbocycles. The van der Waals surface area contributed by atoms with Crippen molar-refractivity contribution in [3.8, 4) is 0 Å². The zero-order valence-electron chi connectivity index (χ0n) is 6.36. The van der Waals surface area contributed by atoms with Crippen molar-refractivity contribution in [2.75, 3.05) is 14.2 Å². The van der Waals surface area contributed by atoms with Crippen LogP contribution in [0.15, 0.2) is 0 Å². The summed E-state index contributed by atoms with van der Waals surface area (Å²) in [4.78, 5) is 21.2. The first-order valence-electron chi connectivity index (χ1n) is 2.94. The van der Waals surface area contributed by atoms with Gasteiger partial charge < -0.3 is 9.47 Å². The Morgan fingerprint density at radius 3 is 2.27 bits per heavy atom. The smallest absolute Gasteiger partial charge is 0.319 e. The van der Waals surface area contributed by atoms with E-state index in [1.54, 1.807) is 0 Å². The summed E-state index contributed by atoms with van der Waals surface area (Å²) in [7, 11) is 2.49. The Balaban J connectivity index is 3.77. The SMILES string of the molecule is COC(=O)CC(S)C(=O)OC. The molecule has 0 rings (SSSR count). The first-order valence-corrected chi connectivity index (χ1v) is 3.46. The Bertz CT molecular complexity index is 157. The maximum Gasteiger partial charge on any atom is 0.319 e. The number of ether oxygens (including phenoxy) is 2. The van der Waals surface area contributed by atoms with Crippen LogP contribution in [0.2, 0.25) is 0 Å². The maximum absolute atomic E-state index is 10.7. The molecule has 11 heavy (non-hydrogen) atoms. The molecule has 0 radical (unpaired) electrons. The maximum atomic E-state index is 10.7. The summed E-state index contributed by atoms with van der Waals surface area (Å²) in [5.74, 6) is -1.01. The van der Waals surface area contributed by atoms with Gasteiger partial charge in [0.15, 0.2) is 0 Å². The fourth-order valence-corrected chi connectivity index (χ4v) is 0.715. The first kappa shape index (κ1) is 10.3. The lowest BCUT2D eigenvalue weighted by Gasteiger charge is -2.05. The second-order valence-electron chi connectivity index (χ2n) is 1.82. The van der Waals surface area contributed by atoms with E-state index in [0.717, 1.165) is 0 Å². The van der Waals surface area contributed by atoms with Gasteiger partial charge in [-0.3, -0.25) is 9.59 Å². The number of carbonyl (C=O) groups is 2. The van der Waals surface area contributed by atoms with Crippen molar-refractivity contribution in [3.05, 3.63) is 0 Å². The van der Waals surface area contributed by atoms with E-state index in [4.69, 9.17) is 0 Å². The molecule has 0 amide bonds. The van der Waals surface area contributed by atoms with E-state index in [9.17, 15) is 9.59 Å². The summed E-state index contributed by atoms with van der Waals surface area (Å²) in [5, 5.41) is -0.729. The Kier molecular flexibility index (Phi) is 4.69. The number of methoxy groups -OCH3 is 2. The number of hydrogen-bond donors (Lipinski definition) is 1. The van der Waals surface area contributed by atoms with Crippen LogP contribution >= 0.6 is 12.6 Å². The molecule has 0 aromatic heterocycles. The van der Waals surface area contributed by atoms with Crippen molar-refractivity contribution < 1.29 is 19.1 Å². The zero-order chi connectivity index (χ0) is 8.85. The van der Waals surface area contributed by atoms with Crippen LogP contribution < -0.4 is 0 Å². The molecule has 0 aliphatic carbocycles.